The van der Waals surface area contributed by atoms with Crippen molar-refractivity contribution in [2.45, 2.75) is 13.5 Å². The van der Waals surface area contributed by atoms with Crippen molar-refractivity contribution in [3.05, 3.63) is 65.7 Å². The lowest BCUT2D eigenvalue weighted by Gasteiger charge is -2.09. The molecule has 120 valence electrons. The zero-order chi connectivity index (χ0) is 16.5. The molecule has 2 rings (SSSR count). The van der Waals surface area contributed by atoms with Gasteiger partial charge < -0.3 is 14.8 Å². The molecule has 0 aromatic heterocycles. The van der Waals surface area contributed by atoms with Crippen LogP contribution in [0.1, 0.15) is 18.1 Å². The van der Waals surface area contributed by atoms with Gasteiger partial charge in [-0.2, -0.15) is 0 Å². The van der Waals surface area contributed by atoms with E-state index < -0.39 is 0 Å². The molecule has 0 aliphatic heterocycles. The fourth-order valence-electron chi connectivity index (χ4n) is 2.08. The molecule has 0 unspecified atom stereocenters. The highest BCUT2D eigenvalue weighted by Gasteiger charge is 2.04. The first-order chi connectivity index (χ1) is 11.2. The Bertz CT molecular complexity index is 666. The van der Waals surface area contributed by atoms with Gasteiger partial charge in [0.25, 0.3) is 0 Å². The van der Waals surface area contributed by atoms with Crippen LogP contribution in [0.25, 0.3) is 6.08 Å². The molecule has 2 aromatic carbocycles. The third-order valence-corrected chi connectivity index (χ3v) is 3.22. The smallest absolute Gasteiger partial charge is 0.244 e. The normalized spacial score (nSPS) is 10.5. The Morgan fingerprint density at radius 3 is 2.61 bits per heavy atom. The van der Waals surface area contributed by atoms with Gasteiger partial charge in [0.15, 0.2) is 11.5 Å². The molecule has 0 aliphatic rings. The minimum atomic E-state index is -0.137. The second-order valence-electron chi connectivity index (χ2n) is 4.88. The van der Waals surface area contributed by atoms with E-state index >= 15 is 0 Å². The summed E-state index contributed by atoms with van der Waals surface area (Å²) in [4.78, 5) is 11.9. The van der Waals surface area contributed by atoms with E-state index in [-0.39, 0.29) is 5.91 Å². The SMILES string of the molecule is CCOc1ccc(/C=C/C(=O)NCc2ccccc2)cc1OC. The Morgan fingerprint density at radius 1 is 1.13 bits per heavy atom. The highest BCUT2D eigenvalue weighted by molar-refractivity contribution is 5.91. The van der Waals surface area contributed by atoms with Crippen molar-refractivity contribution < 1.29 is 14.3 Å². The molecular formula is C19H21NO3. The van der Waals surface area contributed by atoms with E-state index in [2.05, 4.69) is 5.32 Å². The van der Waals surface area contributed by atoms with Crippen LogP contribution in [0.5, 0.6) is 11.5 Å². The second-order valence-corrected chi connectivity index (χ2v) is 4.88. The van der Waals surface area contributed by atoms with E-state index in [4.69, 9.17) is 9.47 Å². The summed E-state index contributed by atoms with van der Waals surface area (Å²) in [5, 5.41) is 2.85. The maximum atomic E-state index is 11.9. The molecule has 4 heteroatoms. The second kappa shape index (κ2) is 8.63. The maximum Gasteiger partial charge on any atom is 0.244 e. The third kappa shape index (κ3) is 5.18. The molecule has 0 saturated carbocycles. The molecule has 0 heterocycles. The first kappa shape index (κ1) is 16.6. The number of ether oxygens (including phenoxy) is 2. The molecule has 23 heavy (non-hydrogen) atoms. The predicted molar refractivity (Wildman–Crippen MR) is 91.5 cm³/mol. The van der Waals surface area contributed by atoms with Crippen molar-refractivity contribution in [2.75, 3.05) is 13.7 Å². The number of hydrogen-bond acceptors (Lipinski definition) is 3. The fourth-order valence-corrected chi connectivity index (χ4v) is 2.08. The number of nitrogens with one attached hydrogen (secondary N) is 1. The number of methoxy groups -OCH3 is 1. The largest absolute Gasteiger partial charge is 0.493 e. The molecule has 0 aliphatic carbocycles. The van der Waals surface area contributed by atoms with Crippen molar-refractivity contribution in [3.63, 3.8) is 0 Å². The number of hydrogen-bond donors (Lipinski definition) is 1. The Balaban J connectivity index is 1.95. The van der Waals surface area contributed by atoms with Gasteiger partial charge in [0.1, 0.15) is 0 Å². The van der Waals surface area contributed by atoms with E-state index in [1.807, 2.05) is 55.5 Å². The van der Waals surface area contributed by atoms with Crippen LogP contribution < -0.4 is 14.8 Å². The Hall–Kier alpha value is -2.75. The highest BCUT2D eigenvalue weighted by atomic mass is 16.5. The average molecular weight is 311 g/mol. The molecule has 0 atom stereocenters. The van der Waals surface area contributed by atoms with E-state index in [1.54, 1.807) is 13.2 Å². The number of carbonyl (C=O) groups excluding carboxylic acids is 1. The molecule has 4 nitrogen and oxygen atoms in total. The summed E-state index contributed by atoms with van der Waals surface area (Å²) in [6.07, 6.45) is 3.26. The minimum Gasteiger partial charge on any atom is -0.493 e. The molecule has 0 saturated heterocycles. The summed E-state index contributed by atoms with van der Waals surface area (Å²) >= 11 is 0. The molecule has 1 N–H and O–H groups in total. The quantitative estimate of drug-likeness (QED) is 0.797. The van der Waals surface area contributed by atoms with Crippen LogP contribution in [0.15, 0.2) is 54.6 Å². The Morgan fingerprint density at radius 2 is 1.91 bits per heavy atom. The monoisotopic (exact) mass is 311 g/mol. The lowest BCUT2D eigenvalue weighted by molar-refractivity contribution is -0.116. The van der Waals surface area contributed by atoms with Gasteiger partial charge in [0.05, 0.1) is 13.7 Å². The minimum absolute atomic E-state index is 0.137. The van der Waals surface area contributed by atoms with Gasteiger partial charge in [-0.1, -0.05) is 36.4 Å². The van der Waals surface area contributed by atoms with Crippen LogP contribution in [-0.2, 0) is 11.3 Å². The Labute approximate surface area is 136 Å². The topological polar surface area (TPSA) is 47.6 Å². The van der Waals surface area contributed by atoms with E-state index in [9.17, 15) is 4.79 Å². The molecule has 2 aromatic rings. The highest BCUT2D eigenvalue weighted by Crippen LogP contribution is 2.28. The van der Waals surface area contributed by atoms with E-state index in [0.29, 0.717) is 24.7 Å². The van der Waals surface area contributed by atoms with Crippen molar-refractivity contribution in [3.8, 4) is 11.5 Å². The standard InChI is InChI=1S/C19H21NO3/c1-3-23-17-11-9-15(13-18(17)22-2)10-12-19(21)20-14-16-7-5-4-6-8-16/h4-13H,3,14H2,1-2H3,(H,20,21)/b12-10+. The molecule has 0 fully saturated rings. The lowest BCUT2D eigenvalue weighted by Crippen LogP contribution is -2.20. The van der Waals surface area contributed by atoms with Gasteiger partial charge >= 0.3 is 0 Å². The van der Waals surface area contributed by atoms with Crippen molar-refractivity contribution in [1.82, 2.24) is 5.32 Å². The van der Waals surface area contributed by atoms with Gasteiger partial charge in [0, 0.05) is 12.6 Å². The summed E-state index contributed by atoms with van der Waals surface area (Å²) in [5.41, 5.74) is 1.94. The van der Waals surface area contributed by atoms with Crippen molar-refractivity contribution >= 4 is 12.0 Å². The van der Waals surface area contributed by atoms with Crippen LogP contribution in [0, 0.1) is 0 Å². The fraction of sp³-hybridized carbons (Fsp3) is 0.211. The number of rotatable bonds is 7. The summed E-state index contributed by atoms with van der Waals surface area (Å²) < 4.78 is 10.8. The van der Waals surface area contributed by atoms with Crippen LogP contribution >= 0.6 is 0 Å². The van der Waals surface area contributed by atoms with Gasteiger partial charge in [-0.3, -0.25) is 4.79 Å². The van der Waals surface area contributed by atoms with E-state index in [1.165, 1.54) is 6.08 Å². The molecule has 0 bridgehead atoms. The first-order valence-electron chi connectivity index (χ1n) is 7.53. The lowest BCUT2D eigenvalue weighted by atomic mass is 10.2. The van der Waals surface area contributed by atoms with Gasteiger partial charge in [-0.25, -0.2) is 0 Å². The molecule has 1 amide bonds. The van der Waals surface area contributed by atoms with Crippen LogP contribution in [0.4, 0.5) is 0 Å². The summed E-state index contributed by atoms with van der Waals surface area (Å²) in [6, 6.07) is 15.4. The van der Waals surface area contributed by atoms with E-state index in [0.717, 1.165) is 11.1 Å². The molecular weight excluding hydrogens is 290 g/mol. The summed E-state index contributed by atoms with van der Waals surface area (Å²) in [5.74, 6) is 1.21. The van der Waals surface area contributed by atoms with Crippen LogP contribution in [0.3, 0.4) is 0 Å². The number of carbonyl (C=O) groups is 1. The molecule has 0 spiro atoms. The van der Waals surface area contributed by atoms with Crippen molar-refractivity contribution in [1.29, 1.82) is 0 Å². The zero-order valence-electron chi connectivity index (χ0n) is 13.4. The van der Waals surface area contributed by atoms with Crippen LogP contribution in [0.2, 0.25) is 0 Å². The summed E-state index contributed by atoms with van der Waals surface area (Å²) in [6.45, 7) is 3.01. The number of benzene rings is 2. The maximum absolute atomic E-state index is 11.9. The van der Waals surface area contributed by atoms with Gasteiger partial charge in [-0.05, 0) is 36.3 Å². The predicted octanol–water partition coefficient (Wildman–Crippen LogP) is 3.42. The zero-order valence-corrected chi connectivity index (χ0v) is 13.4. The summed E-state index contributed by atoms with van der Waals surface area (Å²) in [7, 11) is 1.60. The first-order valence-corrected chi connectivity index (χ1v) is 7.53. The molecule has 0 radical (unpaired) electrons. The van der Waals surface area contributed by atoms with Crippen molar-refractivity contribution in [2.24, 2.45) is 0 Å². The van der Waals surface area contributed by atoms with Crippen LogP contribution in [-0.4, -0.2) is 19.6 Å². The van der Waals surface area contributed by atoms with Gasteiger partial charge in [-0.15, -0.1) is 0 Å². The van der Waals surface area contributed by atoms with Gasteiger partial charge in [0.2, 0.25) is 5.91 Å². The number of amides is 1. The third-order valence-electron chi connectivity index (χ3n) is 3.22. The average Bonchev–Trinajstić information content (AvgIpc) is 2.60. The Kier molecular flexibility index (Phi) is 6.24.